The van der Waals surface area contributed by atoms with E-state index in [9.17, 15) is 9.90 Å². The number of carbonyl (C=O) groups excluding carboxylic acids is 1. The van der Waals surface area contributed by atoms with E-state index in [2.05, 4.69) is 4.98 Å². The first-order valence-corrected chi connectivity index (χ1v) is 11.6. The Bertz CT molecular complexity index is 1120. The number of rotatable bonds is 8. The summed E-state index contributed by atoms with van der Waals surface area (Å²) in [6, 6.07) is 12.5. The number of ether oxygens (including phenoxy) is 3. The zero-order valence-corrected chi connectivity index (χ0v) is 19.9. The van der Waals surface area contributed by atoms with Gasteiger partial charge >= 0.3 is 5.97 Å². The largest absolute Gasteiger partial charge is 0.508 e. The molecule has 1 aromatic heterocycles. The molecule has 2 aromatic carbocycles. The molecule has 1 N–H and O–H groups in total. The van der Waals surface area contributed by atoms with Crippen molar-refractivity contribution in [2.45, 2.75) is 65.0 Å². The van der Waals surface area contributed by atoms with Crippen molar-refractivity contribution in [3.05, 3.63) is 70.6 Å². The van der Waals surface area contributed by atoms with Crippen LogP contribution in [0.2, 0.25) is 0 Å². The molecular weight excluding hydrogens is 434 g/mol. The monoisotopic (exact) mass is 465 g/mol. The fourth-order valence-corrected chi connectivity index (χ4v) is 4.34. The van der Waals surface area contributed by atoms with Gasteiger partial charge in [0.05, 0.1) is 38.1 Å². The molecule has 1 aliphatic carbocycles. The zero-order chi connectivity index (χ0) is 24.1. The van der Waals surface area contributed by atoms with Crippen molar-refractivity contribution in [1.29, 1.82) is 0 Å². The minimum Gasteiger partial charge on any atom is -0.508 e. The van der Waals surface area contributed by atoms with Crippen molar-refractivity contribution in [3.8, 4) is 17.2 Å². The summed E-state index contributed by atoms with van der Waals surface area (Å²) < 4.78 is 23.1. The molecule has 1 saturated carbocycles. The number of methoxy groups -OCH3 is 1. The Morgan fingerprint density at radius 1 is 1.06 bits per heavy atom. The Labute approximate surface area is 199 Å². The number of nitrogens with zero attached hydrogens (tertiary/aromatic N) is 1. The number of aromatic nitrogens is 1. The van der Waals surface area contributed by atoms with Gasteiger partial charge in [-0.3, -0.25) is 0 Å². The van der Waals surface area contributed by atoms with Gasteiger partial charge in [-0.15, -0.1) is 0 Å². The van der Waals surface area contributed by atoms with Gasteiger partial charge < -0.3 is 23.7 Å². The van der Waals surface area contributed by atoms with Gasteiger partial charge in [0, 0.05) is 5.56 Å². The normalized spacial score (nSPS) is 18.1. The number of hydrogen-bond acceptors (Lipinski definition) is 7. The van der Waals surface area contributed by atoms with Crippen molar-refractivity contribution in [2.75, 3.05) is 7.11 Å². The van der Waals surface area contributed by atoms with Gasteiger partial charge in [0.15, 0.2) is 0 Å². The van der Waals surface area contributed by atoms with E-state index in [1.165, 1.54) is 7.11 Å². The summed E-state index contributed by atoms with van der Waals surface area (Å²) in [5.41, 5.74) is 3.89. The summed E-state index contributed by atoms with van der Waals surface area (Å²) in [6.45, 7) is 4.51. The van der Waals surface area contributed by atoms with Crippen LogP contribution in [0.25, 0.3) is 11.5 Å². The first kappa shape index (κ1) is 24.0. The summed E-state index contributed by atoms with van der Waals surface area (Å²) in [7, 11) is 1.40. The third-order valence-electron chi connectivity index (χ3n) is 6.26. The van der Waals surface area contributed by atoms with Gasteiger partial charge in [-0.2, -0.15) is 0 Å². The molecule has 0 bridgehead atoms. The lowest BCUT2D eigenvalue weighted by Crippen LogP contribution is -2.28. The van der Waals surface area contributed by atoms with Gasteiger partial charge in [0.25, 0.3) is 0 Å². The Hall–Kier alpha value is -3.16. The highest BCUT2D eigenvalue weighted by atomic mass is 16.5. The van der Waals surface area contributed by atoms with Gasteiger partial charge in [-0.05, 0) is 74.9 Å². The van der Waals surface area contributed by atoms with Crippen LogP contribution in [0.15, 0.2) is 46.9 Å². The van der Waals surface area contributed by atoms with Crippen molar-refractivity contribution in [1.82, 2.24) is 4.98 Å². The highest BCUT2D eigenvalue weighted by Crippen LogP contribution is 2.28. The Morgan fingerprint density at radius 3 is 2.47 bits per heavy atom. The maximum atomic E-state index is 12.2. The molecule has 1 aliphatic rings. The van der Waals surface area contributed by atoms with Crippen LogP contribution in [0.4, 0.5) is 0 Å². The summed E-state index contributed by atoms with van der Waals surface area (Å²) in [5.74, 6) is 1.10. The highest BCUT2D eigenvalue weighted by Gasteiger charge is 2.25. The second-order valence-electron chi connectivity index (χ2n) is 8.70. The minimum atomic E-state index is -0.337. The lowest BCUT2D eigenvalue weighted by molar-refractivity contribution is -0.0564. The number of aromatic hydroxyl groups is 1. The van der Waals surface area contributed by atoms with Crippen LogP contribution in [0.5, 0.6) is 5.75 Å². The molecule has 7 heteroatoms. The van der Waals surface area contributed by atoms with E-state index in [0.717, 1.165) is 53.8 Å². The summed E-state index contributed by atoms with van der Waals surface area (Å²) in [5, 5.41) is 9.48. The number of benzene rings is 2. The second-order valence-corrected chi connectivity index (χ2v) is 8.70. The molecule has 0 aliphatic heterocycles. The molecule has 0 saturated heterocycles. The molecule has 4 rings (SSSR count). The van der Waals surface area contributed by atoms with Crippen molar-refractivity contribution < 1.29 is 28.5 Å². The first-order valence-electron chi connectivity index (χ1n) is 11.6. The van der Waals surface area contributed by atoms with E-state index in [1.807, 2.05) is 32.0 Å². The van der Waals surface area contributed by atoms with Gasteiger partial charge in [0.1, 0.15) is 17.2 Å². The molecule has 7 nitrogen and oxygen atoms in total. The maximum absolute atomic E-state index is 12.2. The van der Waals surface area contributed by atoms with Gasteiger partial charge in [0.2, 0.25) is 5.89 Å². The van der Waals surface area contributed by atoms with Crippen LogP contribution in [0.3, 0.4) is 0 Å². The van der Waals surface area contributed by atoms with Crippen LogP contribution in [-0.2, 0) is 27.4 Å². The number of esters is 1. The van der Waals surface area contributed by atoms with Crippen LogP contribution < -0.4 is 0 Å². The molecule has 3 aromatic rings. The first-order chi connectivity index (χ1) is 16.4. The standard InChI is InChI=1S/C27H31NO6/c1-17-6-4-7-20(25(17)27(30)31-3)15-32-22-8-5-9-23(14-22)33-16-24-18(2)34-26(28-24)19-10-12-21(29)13-11-19/h4,6-7,10-13,22-23,29H,5,8-9,14-16H2,1-3H3. The fourth-order valence-electron chi connectivity index (χ4n) is 4.34. The molecule has 1 fully saturated rings. The summed E-state index contributed by atoms with van der Waals surface area (Å²) in [6.07, 6.45) is 3.89. The molecular formula is C27H31NO6. The number of phenolic OH excluding ortho intramolecular Hbond substituents is 1. The van der Waals surface area contributed by atoms with Crippen LogP contribution >= 0.6 is 0 Å². The summed E-state index contributed by atoms with van der Waals surface area (Å²) in [4.78, 5) is 16.8. The second kappa shape index (κ2) is 10.8. The van der Waals surface area contributed by atoms with Crippen LogP contribution in [0.1, 0.15) is 58.6 Å². The molecule has 2 atom stereocenters. The average molecular weight is 466 g/mol. The SMILES string of the molecule is COC(=O)c1c(C)cccc1COC1CCCC(OCc2nc(-c3ccc(O)cc3)oc2C)C1. The highest BCUT2D eigenvalue weighted by molar-refractivity contribution is 5.92. The third kappa shape index (κ3) is 5.66. The Morgan fingerprint density at radius 2 is 1.76 bits per heavy atom. The number of phenols is 1. The molecule has 2 unspecified atom stereocenters. The van der Waals surface area contributed by atoms with Crippen molar-refractivity contribution in [2.24, 2.45) is 0 Å². The van der Waals surface area contributed by atoms with Crippen LogP contribution in [0, 0.1) is 13.8 Å². The number of oxazole rings is 1. The Kier molecular flexibility index (Phi) is 7.65. The molecule has 0 spiro atoms. The minimum absolute atomic E-state index is 0.0655. The van der Waals surface area contributed by atoms with E-state index >= 15 is 0 Å². The Balaban J connectivity index is 1.33. The van der Waals surface area contributed by atoms with Crippen molar-refractivity contribution in [3.63, 3.8) is 0 Å². The van der Waals surface area contributed by atoms with Crippen LogP contribution in [-0.4, -0.2) is 35.4 Å². The van der Waals surface area contributed by atoms with Crippen molar-refractivity contribution >= 4 is 5.97 Å². The topological polar surface area (TPSA) is 91.0 Å². The molecule has 180 valence electrons. The predicted octanol–water partition coefficient (Wildman–Crippen LogP) is 5.50. The van der Waals surface area contributed by atoms with Gasteiger partial charge in [-0.25, -0.2) is 9.78 Å². The zero-order valence-electron chi connectivity index (χ0n) is 19.9. The van der Waals surface area contributed by atoms with E-state index in [1.54, 1.807) is 24.3 Å². The predicted molar refractivity (Wildman–Crippen MR) is 126 cm³/mol. The quantitative estimate of drug-likeness (QED) is 0.440. The molecule has 0 radical (unpaired) electrons. The molecule has 34 heavy (non-hydrogen) atoms. The smallest absolute Gasteiger partial charge is 0.338 e. The lowest BCUT2D eigenvalue weighted by Gasteiger charge is -2.29. The number of carbonyl (C=O) groups is 1. The van der Waals surface area contributed by atoms with E-state index in [0.29, 0.717) is 24.7 Å². The molecule has 0 amide bonds. The third-order valence-corrected chi connectivity index (χ3v) is 6.26. The van der Waals surface area contributed by atoms with E-state index in [4.69, 9.17) is 18.6 Å². The average Bonchev–Trinajstić information content (AvgIpc) is 3.22. The lowest BCUT2D eigenvalue weighted by atomic mass is 9.94. The summed E-state index contributed by atoms with van der Waals surface area (Å²) >= 11 is 0. The van der Waals surface area contributed by atoms with E-state index in [-0.39, 0.29) is 23.9 Å². The maximum Gasteiger partial charge on any atom is 0.338 e. The fraction of sp³-hybridized carbons (Fsp3) is 0.407. The van der Waals surface area contributed by atoms with Gasteiger partial charge in [-0.1, -0.05) is 18.2 Å². The number of hydrogen-bond donors (Lipinski definition) is 1. The van der Waals surface area contributed by atoms with E-state index < -0.39 is 0 Å². The molecule has 1 heterocycles. The number of aryl methyl sites for hydroxylation is 2.